The summed E-state index contributed by atoms with van der Waals surface area (Å²) in [5.74, 6) is -12.6. The van der Waals surface area contributed by atoms with Crippen molar-refractivity contribution in [2.75, 3.05) is 19.7 Å². The molecule has 109 heavy (non-hydrogen) atoms. The Morgan fingerprint density at radius 2 is 0.697 bits per heavy atom. The number of hydrogen-bond acceptors (Lipinski definition) is 20. The van der Waals surface area contributed by atoms with Crippen molar-refractivity contribution < 1.29 is 95.5 Å². The predicted molar refractivity (Wildman–Crippen MR) is 402 cm³/mol. The summed E-state index contributed by atoms with van der Waals surface area (Å²) in [5, 5.41) is 17.4. The molecule has 5 aromatic carbocycles. The van der Waals surface area contributed by atoms with Crippen LogP contribution in [0.5, 0.6) is 0 Å². The average Bonchev–Trinajstić information content (AvgIpc) is 1.33. The van der Waals surface area contributed by atoms with Crippen molar-refractivity contribution in [2.24, 2.45) is 0 Å². The zero-order valence-corrected chi connectivity index (χ0v) is 65.2. The molecule has 5 aromatic rings. The van der Waals surface area contributed by atoms with Gasteiger partial charge in [0.1, 0.15) is 71.4 Å². The van der Waals surface area contributed by atoms with E-state index in [1.807, 2.05) is 48.5 Å². The van der Waals surface area contributed by atoms with Crippen LogP contribution in [0.1, 0.15) is 189 Å². The second-order valence-corrected chi connectivity index (χ2v) is 31.5. The lowest BCUT2D eigenvalue weighted by atomic mass is 9.80. The molecule has 28 heteroatoms. The minimum Gasteiger partial charge on any atom is -0.460 e. The zero-order chi connectivity index (χ0) is 80.8. The number of ether oxygens (including phenoxy) is 7. The van der Waals surface area contributed by atoms with Gasteiger partial charge in [-0.1, -0.05) is 139 Å². The molecule has 0 fully saturated rings. The van der Waals surface area contributed by atoms with E-state index in [-0.39, 0.29) is 17.5 Å². The number of benzene rings is 5. The molecule has 0 radical (unpaired) electrons. The molecule has 27 nitrogen and oxygen atoms in total. The average molecular weight is 1530 g/mol. The fraction of sp³-hybridized carbons (Fsp3) is 0.469. The van der Waals surface area contributed by atoms with Gasteiger partial charge in [-0.25, -0.2) is 4.79 Å². The number of hydrogen-bond donors (Lipinski definition) is 7. The Bertz CT molecular complexity index is 3990. The lowest BCUT2D eigenvalue weighted by Crippen LogP contribution is -2.59. The van der Waals surface area contributed by atoms with E-state index in [4.69, 9.17) is 44.8 Å². The Morgan fingerprint density at radius 3 is 1.10 bits per heavy atom. The van der Waals surface area contributed by atoms with Crippen molar-refractivity contribution in [3.05, 3.63) is 166 Å². The van der Waals surface area contributed by atoms with Gasteiger partial charge in [0.2, 0.25) is 35.4 Å². The molecule has 0 spiro atoms. The van der Waals surface area contributed by atoms with Crippen LogP contribution >= 0.6 is 11.6 Å². The maximum Gasteiger partial charge on any atom is 0.407 e. The van der Waals surface area contributed by atoms with Gasteiger partial charge in [-0.2, -0.15) is 0 Å². The molecular weight excluding hydrogens is 1430 g/mol. The van der Waals surface area contributed by atoms with Crippen LogP contribution in [-0.4, -0.2) is 155 Å². The van der Waals surface area contributed by atoms with Gasteiger partial charge in [-0.3, -0.25) is 57.5 Å². The van der Waals surface area contributed by atoms with Crippen molar-refractivity contribution in [2.45, 2.75) is 225 Å². The molecule has 0 saturated heterocycles. The van der Waals surface area contributed by atoms with Crippen LogP contribution in [0.3, 0.4) is 0 Å². The Labute approximate surface area is 640 Å². The fourth-order valence-corrected chi connectivity index (χ4v) is 11.9. The number of alkyl carbamates (subject to hydrolysis) is 1. The first-order chi connectivity index (χ1) is 50.9. The maximum absolute atomic E-state index is 15.0. The second-order valence-electron chi connectivity index (χ2n) is 31.1. The quantitative estimate of drug-likeness (QED) is 0.0117. The normalized spacial score (nSPS) is 13.6. The topological polar surface area (TPSA) is 371 Å². The number of fused-ring (bicyclic) bond motifs is 3. The number of esters is 6. The van der Waals surface area contributed by atoms with Crippen LogP contribution in [0.2, 0.25) is 5.02 Å². The lowest BCUT2D eigenvalue weighted by Gasteiger charge is -2.36. The molecule has 1 aliphatic rings. The molecule has 588 valence electrons. The number of carbonyl (C=O) groups excluding carboxylic acids is 13. The number of carbonyl (C=O) groups is 13. The number of halogens is 1. The summed E-state index contributed by atoms with van der Waals surface area (Å²) < 4.78 is 39.7. The Balaban J connectivity index is 1.27. The third-order valence-corrected chi connectivity index (χ3v) is 16.3. The van der Waals surface area contributed by atoms with Gasteiger partial charge in [0, 0.05) is 46.9 Å². The van der Waals surface area contributed by atoms with Crippen LogP contribution in [0.25, 0.3) is 11.1 Å². The smallest absolute Gasteiger partial charge is 0.407 e. The molecule has 5 atom stereocenters. The van der Waals surface area contributed by atoms with Crippen molar-refractivity contribution >= 4 is 89.0 Å². The maximum atomic E-state index is 15.0. The van der Waals surface area contributed by atoms with Crippen molar-refractivity contribution in [3.63, 3.8) is 0 Å². The zero-order valence-electron chi connectivity index (χ0n) is 64.5. The van der Waals surface area contributed by atoms with E-state index in [1.165, 1.54) is 0 Å². The first-order valence-corrected chi connectivity index (χ1v) is 36.3. The summed E-state index contributed by atoms with van der Waals surface area (Å²) in [6.07, 6.45) is -6.03. The van der Waals surface area contributed by atoms with Gasteiger partial charge in [-0.05, 0) is 151 Å². The highest BCUT2D eigenvalue weighted by Crippen LogP contribution is 2.45. The number of rotatable bonds is 33. The second kappa shape index (κ2) is 38.4. The molecule has 0 unspecified atom stereocenters. The van der Waals surface area contributed by atoms with Crippen molar-refractivity contribution in [1.29, 1.82) is 0 Å². The summed E-state index contributed by atoms with van der Waals surface area (Å²) in [6, 6.07) is 30.3. The SMILES string of the molecule is CC(C)(C)OC(=O)CC[C@H](NC(=O)CNC(=O)[C@H](CC(=O)OC(C)(C)C)NC(=O)OCC1c2ccccc2-c2ccccc21)C(=O)N[C@@H](CCC(=O)OC(C)(C)C)C(=O)N[C@@H](CCC(=O)OC(C)(C)C)C(=O)N[C@@H](CC(=O)OC(C)(C)C)C(=O)NCC(=O)OC(c1ccccc1)(c1ccccc1)c1ccccc1Cl. The molecule has 0 heterocycles. The van der Waals surface area contributed by atoms with Gasteiger partial charge >= 0.3 is 41.9 Å². The van der Waals surface area contributed by atoms with Crippen LogP contribution in [0, 0.1) is 0 Å². The van der Waals surface area contributed by atoms with E-state index in [0.717, 1.165) is 22.3 Å². The van der Waals surface area contributed by atoms with E-state index in [2.05, 4.69) is 37.2 Å². The third-order valence-electron chi connectivity index (χ3n) is 16.0. The molecule has 0 saturated carbocycles. The summed E-state index contributed by atoms with van der Waals surface area (Å²) in [6.45, 7) is 21.8. The van der Waals surface area contributed by atoms with Gasteiger partial charge in [0.25, 0.3) is 0 Å². The summed E-state index contributed by atoms with van der Waals surface area (Å²) in [5.41, 5.74) is -1.92. The first kappa shape index (κ1) is 87.2. The fourth-order valence-electron chi connectivity index (χ4n) is 11.7. The molecule has 0 aromatic heterocycles. The van der Waals surface area contributed by atoms with Crippen molar-refractivity contribution in [3.8, 4) is 11.1 Å². The van der Waals surface area contributed by atoms with Gasteiger partial charge in [0.05, 0.1) is 19.4 Å². The van der Waals surface area contributed by atoms with Crippen LogP contribution in [0.15, 0.2) is 133 Å². The van der Waals surface area contributed by atoms with Crippen LogP contribution in [0.4, 0.5) is 4.79 Å². The summed E-state index contributed by atoms with van der Waals surface area (Å²) in [4.78, 5) is 183. The molecule has 0 bridgehead atoms. The molecule has 1 aliphatic carbocycles. The highest BCUT2D eigenvalue weighted by molar-refractivity contribution is 6.31. The highest BCUT2D eigenvalue weighted by atomic mass is 35.5. The monoisotopic (exact) mass is 1530 g/mol. The molecular formula is C81H102ClN7O20. The minimum atomic E-state index is -1.89. The minimum absolute atomic E-state index is 0.162. The number of nitrogens with one attached hydrogen (secondary N) is 7. The predicted octanol–water partition coefficient (Wildman–Crippen LogP) is 9.08. The molecule has 7 amide bonds. The van der Waals surface area contributed by atoms with E-state index in [1.54, 1.807) is 189 Å². The molecule has 7 N–H and O–H groups in total. The summed E-state index contributed by atoms with van der Waals surface area (Å²) in [7, 11) is 0. The number of amides is 7. The summed E-state index contributed by atoms with van der Waals surface area (Å²) >= 11 is 6.88. The molecule has 6 rings (SSSR count). The lowest BCUT2D eigenvalue weighted by molar-refractivity contribution is -0.157. The van der Waals surface area contributed by atoms with Gasteiger partial charge < -0.3 is 70.4 Å². The standard InChI is InChI=1S/C81H102ClN7O20/c1-76(2,3)104-64(91)41-38-58(85-63(90)46-83-71(98)62(45-68(95)108-80(13,14)15)89-75(102)103-48-55-53-34-24-22-32-51(53)52-33-23-25-35-54(52)55)72(99)86-59(39-42-65(92)105-77(4,5)6)73(100)87-60(40-43-66(93)106-78(7,8)9)74(101)88-61(44-67(94)107-79(10,11)12)70(97)84-47-69(96)109-81(49-28-18-16-19-29-49,50-30-20-17-21-31-50)56-36-26-27-37-57(56)82/h16-37,55,58-62H,38-48H2,1-15H3,(H,83,98)(H,84,97)(H,85,90)(H,86,99)(H,87,100)(H,88,101)(H,89,102)/t58-,59-,60-,61-,62-/m0/s1. The Morgan fingerprint density at radius 1 is 0.358 bits per heavy atom. The van der Waals surface area contributed by atoms with E-state index in [0.29, 0.717) is 16.7 Å². The highest BCUT2D eigenvalue weighted by Gasteiger charge is 2.43. The Hall–Kier alpha value is -10.7. The molecule has 0 aliphatic heterocycles. The third kappa shape index (κ3) is 28.4. The van der Waals surface area contributed by atoms with Gasteiger partial charge in [-0.15, -0.1) is 0 Å². The van der Waals surface area contributed by atoms with Crippen LogP contribution in [-0.2, 0) is 96.3 Å². The van der Waals surface area contributed by atoms with Crippen LogP contribution < -0.4 is 37.2 Å². The van der Waals surface area contributed by atoms with E-state index in [9.17, 15) is 57.5 Å². The Kier molecular flexibility index (Phi) is 30.7. The van der Waals surface area contributed by atoms with E-state index >= 15 is 4.79 Å². The van der Waals surface area contributed by atoms with Gasteiger partial charge in [0.15, 0.2) is 5.60 Å². The van der Waals surface area contributed by atoms with E-state index < -0.39 is 206 Å². The largest absolute Gasteiger partial charge is 0.460 e. The first-order valence-electron chi connectivity index (χ1n) is 35.9. The van der Waals surface area contributed by atoms with Crippen molar-refractivity contribution in [1.82, 2.24) is 37.2 Å².